The van der Waals surface area contributed by atoms with E-state index < -0.39 is 0 Å². The van der Waals surface area contributed by atoms with E-state index in [0.717, 1.165) is 25.7 Å². The summed E-state index contributed by atoms with van der Waals surface area (Å²) in [5.41, 5.74) is 0.683. The summed E-state index contributed by atoms with van der Waals surface area (Å²) in [5.74, 6) is -0.189. The molecule has 0 aromatic heterocycles. The molecule has 0 saturated carbocycles. The van der Waals surface area contributed by atoms with Gasteiger partial charge in [-0.2, -0.15) is 0 Å². The van der Waals surface area contributed by atoms with Gasteiger partial charge in [0.05, 0.1) is 12.7 Å². The summed E-state index contributed by atoms with van der Waals surface area (Å²) in [6.07, 6.45) is 12.0. The van der Waals surface area contributed by atoms with Crippen molar-refractivity contribution in [1.82, 2.24) is 0 Å². The lowest BCUT2D eigenvalue weighted by Crippen LogP contribution is -2.06. The van der Waals surface area contributed by atoms with Crippen molar-refractivity contribution in [3.8, 4) is 0 Å². The van der Waals surface area contributed by atoms with Crippen molar-refractivity contribution in [2.45, 2.75) is 84.7 Å². The zero-order chi connectivity index (χ0) is 15.2. The van der Waals surface area contributed by atoms with E-state index >= 15 is 0 Å². The number of unbranched alkanes of at least 4 members (excludes halogenated alkanes) is 7. The molecule has 0 aliphatic carbocycles. The van der Waals surface area contributed by atoms with E-state index in [1.807, 2.05) is 13.8 Å². The van der Waals surface area contributed by atoms with Crippen LogP contribution in [0.25, 0.3) is 0 Å². The number of aliphatic hydroxyl groups is 1. The van der Waals surface area contributed by atoms with Crippen molar-refractivity contribution in [3.63, 3.8) is 0 Å². The lowest BCUT2D eigenvalue weighted by atomic mass is 10.1. The highest BCUT2D eigenvalue weighted by molar-refractivity contribution is 5.87. The summed E-state index contributed by atoms with van der Waals surface area (Å²) in [4.78, 5) is 11.3. The third-order valence-corrected chi connectivity index (χ3v) is 3.50. The lowest BCUT2D eigenvalue weighted by molar-refractivity contribution is -0.139. The van der Waals surface area contributed by atoms with Crippen molar-refractivity contribution in [1.29, 1.82) is 0 Å². The number of aliphatic hydroxyl groups excluding tert-OH is 1. The average Bonchev–Trinajstić information content (AvgIpc) is 2.43. The largest absolute Gasteiger partial charge is 0.462 e. The Labute approximate surface area is 124 Å². The molecule has 1 atom stereocenters. The van der Waals surface area contributed by atoms with Gasteiger partial charge in [-0.1, -0.05) is 51.0 Å². The molecule has 0 rings (SSSR count). The van der Waals surface area contributed by atoms with Crippen LogP contribution in [0.5, 0.6) is 0 Å². The number of hydrogen-bond acceptors (Lipinski definition) is 3. The van der Waals surface area contributed by atoms with Gasteiger partial charge >= 0.3 is 5.97 Å². The maximum Gasteiger partial charge on any atom is 0.333 e. The Kier molecular flexibility index (Phi) is 12.6. The van der Waals surface area contributed by atoms with Gasteiger partial charge in [-0.15, -0.1) is 0 Å². The molecule has 0 amide bonds. The monoisotopic (exact) mass is 284 g/mol. The Morgan fingerprint density at radius 2 is 1.55 bits per heavy atom. The Morgan fingerprint density at radius 3 is 2.05 bits per heavy atom. The molecule has 118 valence electrons. The van der Waals surface area contributed by atoms with E-state index in [4.69, 9.17) is 9.84 Å². The average molecular weight is 284 g/mol. The van der Waals surface area contributed by atoms with E-state index in [2.05, 4.69) is 0 Å². The summed E-state index contributed by atoms with van der Waals surface area (Å²) in [6, 6.07) is 0. The highest BCUT2D eigenvalue weighted by atomic mass is 16.5. The van der Waals surface area contributed by atoms with E-state index in [0.29, 0.717) is 12.2 Å². The van der Waals surface area contributed by atoms with Crippen LogP contribution in [0.2, 0.25) is 0 Å². The van der Waals surface area contributed by atoms with Gasteiger partial charge in [-0.25, -0.2) is 4.79 Å². The van der Waals surface area contributed by atoms with Crippen molar-refractivity contribution in [2.24, 2.45) is 0 Å². The third kappa shape index (κ3) is 12.2. The Balaban J connectivity index is 3.19. The number of hydrogen-bond donors (Lipinski definition) is 1. The SMILES string of the molecule is CC=C(C)C(=O)OCCCCCCCCCCC(C)O. The molecule has 0 bridgehead atoms. The normalized spacial score (nSPS) is 13.3. The van der Waals surface area contributed by atoms with E-state index in [1.165, 1.54) is 32.1 Å². The van der Waals surface area contributed by atoms with Crippen LogP contribution in [0, 0.1) is 0 Å². The first kappa shape index (κ1) is 19.2. The van der Waals surface area contributed by atoms with Gasteiger partial charge in [-0.05, 0) is 33.6 Å². The smallest absolute Gasteiger partial charge is 0.333 e. The van der Waals surface area contributed by atoms with Gasteiger partial charge in [-0.3, -0.25) is 0 Å². The third-order valence-electron chi connectivity index (χ3n) is 3.50. The second kappa shape index (κ2) is 13.2. The number of esters is 1. The van der Waals surface area contributed by atoms with Crippen LogP contribution in [0.4, 0.5) is 0 Å². The summed E-state index contributed by atoms with van der Waals surface area (Å²) in [7, 11) is 0. The van der Waals surface area contributed by atoms with Crippen molar-refractivity contribution >= 4 is 5.97 Å². The topological polar surface area (TPSA) is 46.5 Å². The van der Waals surface area contributed by atoms with Crippen molar-refractivity contribution in [2.75, 3.05) is 6.61 Å². The molecule has 0 heterocycles. The molecule has 0 fully saturated rings. The zero-order valence-corrected chi connectivity index (χ0v) is 13.5. The maximum absolute atomic E-state index is 11.3. The van der Waals surface area contributed by atoms with Crippen LogP contribution in [-0.2, 0) is 9.53 Å². The highest BCUT2D eigenvalue weighted by Crippen LogP contribution is 2.10. The molecule has 0 aliphatic rings. The zero-order valence-electron chi connectivity index (χ0n) is 13.5. The van der Waals surface area contributed by atoms with Crippen LogP contribution in [0.15, 0.2) is 11.6 Å². The second-order valence-electron chi connectivity index (χ2n) is 5.57. The maximum atomic E-state index is 11.3. The van der Waals surface area contributed by atoms with Crippen molar-refractivity contribution < 1.29 is 14.6 Å². The number of carbonyl (C=O) groups is 1. The van der Waals surface area contributed by atoms with Gasteiger partial charge in [0.2, 0.25) is 0 Å². The lowest BCUT2D eigenvalue weighted by Gasteiger charge is -2.05. The van der Waals surface area contributed by atoms with Crippen LogP contribution < -0.4 is 0 Å². The second-order valence-corrected chi connectivity index (χ2v) is 5.57. The fraction of sp³-hybridized carbons (Fsp3) is 0.824. The standard InChI is InChI=1S/C17H32O3/c1-4-15(2)17(19)20-14-12-10-8-6-5-7-9-11-13-16(3)18/h4,16,18H,5-14H2,1-3H3. The van der Waals surface area contributed by atoms with Crippen LogP contribution in [0.3, 0.4) is 0 Å². The number of carbonyl (C=O) groups excluding carboxylic acids is 1. The van der Waals surface area contributed by atoms with Gasteiger partial charge in [0.25, 0.3) is 0 Å². The minimum absolute atomic E-state index is 0.149. The number of rotatable bonds is 12. The molecule has 1 N–H and O–H groups in total. The molecule has 0 aliphatic heterocycles. The van der Waals surface area contributed by atoms with E-state index in [9.17, 15) is 4.79 Å². The van der Waals surface area contributed by atoms with Crippen LogP contribution in [0.1, 0.15) is 78.6 Å². The highest BCUT2D eigenvalue weighted by Gasteiger charge is 2.03. The molecule has 0 radical (unpaired) electrons. The van der Waals surface area contributed by atoms with Crippen LogP contribution in [-0.4, -0.2) is 23.8 Å². The Bertz CT molecular complexity index is 269. The molecular formula is C17H32O3. The minimum Gasteiger partial charge on any atom is -0.462 e. The molecule has 0 spiro atoms. The molecule has 3 heteroatoms. The molecule has 20 heavy (non-hydrogen) atoms. The molecule has 0 aromatic carbocycles. The molecular weight excluding hydrogens is 252 g/mol. The van der Waals surface area contributed by atoms with Gasteiger partial charge in [0, 0.05) is 5.57 Å². The predicted molar refractivity (Wildman–Crippen MR) is 83.6 cm³/mol. The first-order valence-electron chi connectivity index (χ1n) is 8.06. The Hall–Kier alpha value is -0.830. The van der Waals surface area contributed by atoms with E-state index in [-0.39, 0.29) is 12.1 Å². The summed E-state index contributed by atoms with van der Waals surface area (Å²) in [6.45, 7) is 6.01. The molecule has 1 unspecified atom stereocenters. The quantitative estimate of drug-likeness (QED) is 0.328. The summed E-state index contributed by atoms with van der Waals surface area (Å²) < 4.78 is 5.15. The van der Waals surface area contributed by atoms with Gasteiger partial charge in [0.1, 0.15) is 0 Å². The summed E-state index contributed by atoms with van der Waals surface area (Å²) in [5, 5.41) is 9.13. The molecule has 0 aromatic rings. The van der Waals surface area contributed by atoms with E-state index in [1.54, 1.807) is 13.0 Å². The van der Waals surface area contributed by atoms with Gasteiger partial charge in [0.15, 0.2) is 0 Å². The minimum atomic E-state index is -0.189. The first-order chi connectivity index (χ1) is 9.57. The fourth-order valence-electron chi connectivity index (χ4n) is 2.00. The number of allylic oxidation sites excluding steroid dienone is 1. The molecule has 0 saturated heterocycles. The fourth-order valence-corrected chi connectivity index (χ4v) is 2.00. The Morgan fingerprint density at radius 1 is 1.05 bits per heavy atom. The predicted octanol–water partition coefficient (Wildman–Crippen LogP) is 4.39. The molecule has 3 nitrogen and oxygen atoms in total. The summed E-state index contributed by atoms with van der Waals surface area (Å²) >= 11 is 0. The van der Waals surface area contributed by atoms with Crippen LogP contribution >= 0.6 is 0 Å². The number of ether oxygens (including phenoxy) is 1. The van der Waals surface area contributed by atoms with Crippen molar-refractivity contribution in [3.05, 3.63) is 11.6 Å². The first-order valence-corrected chi connectivity index (χ1v) is 8.06. The van der Waals surface area contributed by atoms with Gasteiger partial charge < -0.3 is 9.84 Å².